The Labute approximate surface area is 120 Å². The minimum atomic E-state index is -3.47. The van der Waals surface area contributed by atoms with Crippen LogP contribution in [0.4, 0.5) is 11.4 Å². The third kappa shape index (κ3) is 2.89. The summed E-state index contributed by atoms with van der Waals surface area (Å²) in [7, 11) is -2.08. The fraction of sp³-hybridized carbons (Fsp3) is 0.538. The summed E-state index contributed by atoms with van der Waals surface area (Å²) >= 11 is 0. The van der Waals surface area contributed by atoms with E-state index in [2.05, 4.69) is 9.62 Å². The molecule has 6 nitrogen and oxygen atoms in total. The molecule has 1 aliphatic heterocycles. The zero-order valence-corrected chi connectivity index (χ0v) is 12.8. The summed E-state index contributed by atoms with van der Waals surface area (Å²) < 4.78 is 31.7. The number of nitrogen functional groups attached to an aromatic ring is 1. The van der Waals surface area contributed by atoms with E-state index in [1.165, 1.54) is 13.1 Å². The van der Waals surface area contributed by atoms with E-state index in [1.807, 2.05) is 13.8 Å². The second-order valence-electron chi connectivity index (χ2n) is 5.07. The number of nitrogens with two attached hydrogens (primary N) is 1. The normalized spacial score (nSPS) is 23.9. The van der Waals surface area contributed by atoms with Gasteiger partial charge in [-0.15, -0.1) is 0 Å². The van der Waals surface area contributed by atoms with Gasteiger partial charge in [0.25, 0.3) is 0 Å². The zero-order chi connectivity index (χ0) is 14.9. The molecule has 112 valence electrons. The maximum absolute atomic E-state index is 11.9. The number of anilines is 2. The van der Waals surface area contributed by atoms with Crippen LogP contribution >= 0.6 is 0 Å². The first-order chi connectivity index (χ1) is 9.35. The number of benzene rings is 1. The molecule has 7 heteroatoms. The number of nitrogens with one attached hydrogen (secondary N) is 1. The number of hydrogen-bond donors (Lipinski definition) is 2. The van der Waals surface area contributed by atoms with Gasteiger partial charge in [0.15, 0.2) is 0 Å². The molecule has 2 atom stereocenters. The zero-order valence-electron chi connectivity index (χ0n) is 12.0. The average molecular weight is 299 g/mol. The fourth-order valence-corrected chi connectivity index (χ4v) is 3.05. The van der Waals surface area contributed by atoms with E-state index in [9.17, 15) is 8.42 Å². The average Bonchev–Trinajstić information content (AvgIpc) is 2.42. The topological polar surface area (TPSA) is 84.7 Å². The van der Waals surface area contributed by atoms with E-state index < -0.39 is 10.0 Å². The van der Waals surface area contributed by atoms with Crippen LogP contribution < -0.4 is 15.4 Å². The lowest BCUT2D eigenvalue weighted by atomic mass is 10.1. The van der Waals surface area contributed by atoms with E-state index in [0.717, 1.165) is 5.69 Å². The molecule has 0 spiro atoms. The van der Waals surface area contributed by atoms with Gasteiger partial charge in [0, 0.05) is 12.6 Å². The van der Waals surface area contributed by atoms with Gasteiger partial charge < -0.3 is 15.4 Å². The quantitative estimate of drug-likeness (QED) is 0.806. The molecule has 0 aromatic heterocycles. The monoisotopic (exact) mass is 299 g/mol. The first kappa shape index (κ1) is 15.1. The van der Waals surface area contributed by atoms with Crippen LogP contribution in [-0.4, -0.2) is 40.8 Å². The molecule has 3 N–H and O–H groups in total. The molecule has 0 aliphatic carbocycles. The number of nitrogens with zero attached hydrogens (tertiary/aromatic N) is 1. The highest BCUT2D eigenvalue weighted by molar-refractivity contribution is 7.89. The van der Waals surface area contributed by atoms with Crippen LogP contribution in [0, 0.1) is 0 Å². The molecule has 1 aliphatic rings. The molecule has 20 heavy (non-hydrogen) atoms. The summed E-state index contributed by atoms with van der Waals surface area (Å²) in [6, 6.07) is 4.92. The van der Waals surface area contributed by atoms with Crippen molar-refractivity contribution >= 4 is 21.4 Å². The first-order valence-corrected chi connectivity index (χ1v) is 8.05. The molecule has 1 fully saturated rings. The summed E-state index contributed by atoms with van der Waals surface area (Å²) in [5, 5.41) is 0. The van der Waals surface area contributed by atoms with Crippen molar-refractivity contribution in [3.8, 4) is 0 Å². The maximum atomic E-state index is 11.9. The number of sulfonamides is 1. The van der Waals surface area contributed by atoms with Gasteiger partial charge in [0.1, 0.15) is 0 Å². The Morgan fingerprint density at radius 2 is 2.10 bits per heavy atom. The summed E-state index contributed by atoms with van der Waals surface area (Å²) in [5.74, 6) is 0. The molecule has 0 bridgehead atoms. The molecule has 2 rings (SSSR count). The first-order valence-electron chi connectivity index (χ1n) is 6.56. The molecule has 2 unspecified atom stereocenters. The van der Waals surface area contributed by atoms with Crippen molar-refractivity contribution in [2.45, 2.75) is 30.9 Å². The van der Waals surface area contributed by atoms with Gasteiger partial charge in [-0.25, -0.2) is 13.1 Å². The van der Waals surface area contributed by atoms with Crippen LogP contribution in [0.3, 0.4) is 0 Å². The number of morpholine rings is 1. The van der Waals surface area contributed by atoms with Crippen LogP contribution in [0.2, 0.25) is 0 Å². The van der Waals surface area contributed by atoms with Gasteiger partial charge in [-0.2, -0.15) is 0 Å². The van der Waals surface area contributed by atoms with E-state index in [1.54, 1.807) is 12.1 Å². The predicted octanol–water partition coefficient (Wildman–Crippen LogP) is 0.790. The Hall–Kier alpha value is -1.31. The Morgan fingerprint density at radius 1 is 1.40 bits per heavy atom. The summed E-state index contributed by atoms with van der Waals surface area (Å²) in [6.45, 7) is 5.31. The van der Waals surface area contributed by atoms with Crippen molar-refractivity contribution in [2.75, 3.05) is 30.8 Å². The van der Waals surface area contributed by atoms with E-state index in [4.69, 9.17) is 10.5 Å². The maximum Gasteiger partial charge on any atom is 0.240 e. The predicted molar refractivity (Wildman–Crippen MR) is 79.3 cm³/mol. The van der Waals surface area contributed by atoms with Gasteiger partial charge in [-0.1, -0.05) is 0 Å². The van der Waals surface area contributed by atoms with Crippen LogP contribution in [0.15, 0.2) is 23.1 Å². The van der Waals surface area contributed by atoms with Gasteiger partial charge in [0.2, 0.25) is 10.0 Å². The lowest BCUT2D eigenvalue weighted by molar-refractivity contribution is 0.0344. The van der Waals surface area contributed by atoms with Crippen LogP contribution in [0.1, 0.15) is 13.8 Å². The Bertz CT molecular complexity index is 589. The van der Waals surface area contributed by atoms with E-state index in [0.29, 0.717) is 18.8 Å². The second kappa shape index (κ2) is 5.59. The van der Waals surface area contributed by atoms with E-state index in [-0.39, 0.29) is 17.0 Å². The standard InChI is InChI=1S/C13H21N3O3S/c1-9-8-19-10(2)7-16(9)13-6-11(4-5-12(13)14)20(17,18)15-3/h4-6,9-10,15H,7-8,14H2,1-3H3. The van der Waals surface area contributed by atoms with Crippen LogP contribution in [0.25, 0.3) is 0 Å². The summed E-state index contributed by atoms with van der Waals surface area (Å²) in [5.41, 5.74) is 7.33. The van der Waals surface area contributed by atoms with Crippen molar-refractivity contribution in [2.24, 2.45) is 0 Å². The Balaban J connectivity index is 2.43. The van der Waals surface area contributed by atoms with Gasteiger partial charge in [0.05, 0.1) is 29.0 Å². The summed E-state index contributed by atoms with van der Waals surface area (Å²) in [4.78, 5) is 2.31. The highest BCUT2D eigenvalue weighted by Crippen LogP contribution is 2.30. The molecular formula is C13H21N3O3S. The van der Waals surface area contributed by atoms with Crippen molar-refractivity contribution in [1.82, 2.24) is 4.72 Å². The number of rotatable bonds is 3. The molecule has 0 amide bonds. The Kier molecular flexibility index (Phi) is 4.22. The third-order valence-corrected chi connectivity index (χ3v) is 4.91. The van der Waals surface area contributed by atoms with Gasteiger partial charge >= 0.3 is 0 Å². The van der Waals surface area contributed by atoms with Crippen molar-refractivity contribution in [3.63, 3.8) is 0 Å². The van der Waals surface area contributed by atoms with Gasteiger partial charge in [-0.05, 0) is 39.1 Å². The molecule has 0 saturated carbocycles. The largest absolute Gasteiger partial charge is 0.397 e. The molecule has 1 aromatic rings. The highest BCUT2D eigenvalue weighted by atomic mass is 32.2. The molecule has 0 radical (unpaired) electrons. The van der Waals surface area contributed by atoms with Crippen molar-refractivity contribution < 1.29 is 13.2 Å². The second-order valence-corrected chi connectivity index (χ2v) is 6.96. The third-order valence-electron chi connectivity index (χ3n) is 3.50. The fourth-order valence-electron chi connectivity index (χ4n) is 2.30. The lowest BCUT2D eigenvalue weighted by Gasteiger charge is -2.39. The SMILES string of the molecule is CNS(=O)(=O)c1ccc(N)c(N2CC(C)OCC2C)c1. The number of hydrogen-bond acceptors (Lipinski definition) is 5. The summed E-state index contributed by atoms with van der Waals surface area (Å²) in [6.07, 6.45) is 0.0927. The van der Waals surface area contributed by atoms with Gasteiger partial charge in [-0.3, -0.25) is 0 Å². The van der Waals surface area contributed by atoms with Crippen LogP contribution in [-0.2, 0) is 14.8 Å². The Morgan fingerprint density at radius 3 is 2.75 bits per heavy atom. The van der Waals surface area contributed by atoms with Crippen molar-refractivity contribution in [1.29, 1.82) is 0 Å². The number of ether oxygens (including phenoxy) is 1. The van der Waals surface area contributed by atoms with Crippen LogP contribution in [0.5, 0.6) is 0 Å². The van der Waals surface area contributed by atoms with E-state index >= 15 is 0 Å². The smallest absolute Gasteiger partial charge is 0.240 e. The minimum Gasteiger partial charge on any atom is -0.397 e. The molecule has 1 aromatic carbocycles. The molecule has 1 heterocycles. The molecular weight excluding hydrogens is 278 g/mol. The molecule has 1 saturated heterocycles. The lowest BCUT2D eigenvalue weighted by Crippen LogP contribution is -2.47. The highest BCUT2D eigenvalue weighted by Gasteiger charge is 2.26. The van der Waals surface area contributed by atoms with Crippen molar-refractivity contribution in [3.05, 3.63) is 18.2 Å². The minimum absolute atomic E-state index is 0.0927.